The van der Waals surface area contributed by atoms with Crippen LogP contribution in [0.1, 0.15) is 81.8 Å². The zero-order chi connectivity index (χ0) is 23.0. The van der Waals surface area contributed by atoms with Gasteiger partial charge in [0.2, 0.25) is 0 Å². The first kappa shape index (κ1) is 21.9. The summed E-state index contributed by atoms with van der Waals surface area (Å²) in [5.41, 5.74) is 2.92. The molecule has 2 amide bonds. The number of ether oxygens (including phenoxy) is 2. The van der Waals surface area contributed by atoms with Gasteiger partial charge in [0.15, 0.2) is 12.6 Å². The quantitative estimate of drug-likeness (QED) is 0.589. The molecule has 34 heavy (non-hydrogen) atoms. The first-order chi connectivity index (χ1) is 16.5. The van der Waals surface area contributed by atoms with Crippen LogP contribution in [0.4, 0.5) is 4.79 Å². The van der Waals surface area contributed by atoms with Gasteiger partial charge in [-0.05, 0) is 117 Å². The number of fused-ring (bicyclic) bond motifs is 2. The van der Waals surface area contributed by atoms with E-state index in [-0.39, 0.29) is 24.0 Å². The van der Waals surface area contributed by atoms with Crippen molar-refractivity contribution in [1.82, 2.24) is 10.2 Å². The summed E-state index contributed by atoms with van der Waals surface area (Å²) < 4.78 is 11.5. The van der Waals surface area contributed by atoms with Gasteiger partial charge in [0, 0.05) is 30.6 Å². The van der Waals surface area contributed by atoms with Crippen molar-refractivity contribution in [2.75, 3.05) is 13.1 Å². The van der Waals surface area contributed by atoms with Crippen molar-refractivity contribution in [2.45, 2.75) is 94.7 Å². The molecular formula is C28H37ClN2O3. The summed E-state index contributed by atoms with van der Waals surface area (Å²) in [6.45, 7) is 3.60. The van der Waals surface area contributed by atoms with Crippen LogP contribution >= 0.6 is 11.6 Å². The normalized spacial score (nSPS) is 41.4. The number of piperidine rings is 1. The molecule has 2 aliphatic heterocycles. The fraction of sp³-hybridized carbons (Fsp3) is 0.750. The van der Waals surface area contributed by atoms with Crippen LogP contribution in [-0.4, -0.2) is 42.6 Å². The van der Waals surface area contributed by atoms with Gasteiger partial charge in [0.25, 0.3) is 0 Å². The highest BCUT2D eigenvalue weighted by Crippen LogP contribution is 2.55. The minimum atomic E-state index is -0.0921. The molecule has 6 fully saturated rings. The number of hydrogen-bond donors (Lipinski definition) is 1. The Kier molecular flexibility index (Phi) is 5.23. The number of benzene rings is 1. The van der Waals surface area contributed by atoms with Gasteiger partial charge < -0.3 is 19.7 Å². The van der Waals surface area contributed by atoms with Gasteiger partial charge in [-0.2, -0.15) is 0 Å². The third-order valence-electron chi connectivity index (χ3n) is 10.4. The zero-order valence-electron chi connectivity index (χ0n) is 20.2. The molecule has 4 bridgehead atoms. The Morgan fingerprint density at radius 3 is 2.41 bits per heavy atom. The highest BCUT2D eigenvalue weighted by molar-refractivity contribution is 6.30. The van der Waals surface area contributed by atoms with Crippen molar-refractivity contribution < 1.29 is 14.3 Å². The van der Waals surface area contributed by atoms with Crippen LogP contribution in [0.5, 0.6) is 0 Å². The van der Waals surface area contributed by atoms with E-state index in [2.05, 4.69) is 22.3 Å². The molecule has 1 unspecified atom stereocenters. The van der Waals surface area contributed by atoms with E-state index in [1.54, 1.807) is 0 Å². The summed E-state index contributed by atoms with van der Waals surface area (Å²) >= 11 is 6.46. The van der Waals surface area contributed by atoms with Crippen molar-refractivity contribution in [2.24, 2.45) is 23.7 Å². The smallest absolute Gasteiger partial charge is 0.317 e. The lowest BCUT2D eigenvalue weighted by atomic mass is 9.54. The van der Waals surface area contributed by atoms with Gasteiger partial charge in [-0.1, -0.05) is 17.7 Å². The van der Waals surface area contributed by atoms with Gasteiger partial charge in [-0.25, -0.2) is 4.79 Å². The highest BCUT2D eigenvalue weighted by atomic mass is 35.5. The monoisotopic (exact) mass is 484 g/mol. The lowest BCUT2D eigenvalue weighted by Gasteiger charge is -2.54. The van der Waals surface area contributed by atoms with Crippen molar-refractivity contribution in [3.8, 4) is 0 Å². The molecule has 1 aromatic rings. The average molecular weight is 485 g/mol. The standard InChI is InChI=1S/C28H37ClN2O3/c1-16-33-25(34-16)13-21-15-28(24-14-22(29)2-3-23(21)24)4-6-31(7-5-28)27(32)30-26-19-9-17-8-18(11-19)12-20(26)10-17/h2-3,14,16-21,25-26H,4-13,15H2,1H3,(H,30,32). The molecule has 1 spiro atoms. The van der Waals surface area contributed by atoms with Crippen molar-refractivity contribution in [1.29, 1.82) is 0 Å². The summed E-state index contributed by atoms with van der Waals surface area (Å²) in [5, 5.41) is 4.34. The number of nitrogens with one attached hydrogen (secondary N) is 1. The molecule has 1 N–H and O–H groups in total. The predicted octanol–water partition coefficient (Wildman–Crippen LogP) is 5.80. The molecule has 5 nitrogen and oxygen atoms in total. The van der Waals surface area contributed by atoms with E-state index in [9.17, 15) is 4.79 Å². The maximum absolute atomic E-state index is 13.3. The van der Waals surface area contributed by atoms with Crippen LogP contribution in [0.25, 0.3) is 0 Å². The predicted molar refractivity (Wildman–Crippen MR) is 131 cm³/mol. The Hall–Kier alpha value is -1.30. The van der Waals surface area contributed by atoms with Crippen LogP contribution < -0.4 is 5.32 Å². The summed E-state index contributed by atoms with van der Waals surface area (Å²) in [6, 6.07) is 7.01. The molecule has 1 aromatic carbocycles. The molecule has 2 heterocycles. The molecule has 0 radical (unpaired) electrons. The van der Waals surface area contributed by atoms with Crippen LogP contribution in [-0.2, 0) is 14.9 Å². The van der Waals surface area contributed by atoms with Gasteiger partial charge in [-0.15, -0.1) is 0 Å². The Balaban J connectivity index is 1.03. The van der Waals surface area contributed by atoms with E-state index < -0.39 is 0 Å². The lowest BCUT2D eigenvalue weighted by molar-refractivity contribution is -0.378. The molecule has 0 aromatic heterocycles. The van der Waals surface area contributed by atoms with E-state index >= 15 is 0 Å². The number of hydrogen-bond acceptors (Lipinski definition) is 3. The fourth-order valence-corrected chi connectivity index (χ4v) is 9.20. The van der Waals surface area contributed by atoms with E-state index in [1.165, 1.54) is 43.2 Å². The molecule has 184 valence electrons. The Bertz CT molecular complexity index is 940. The number of nitrogens with zero attached hydrogens (tertiary/aromatic N) is 1. The highest BCUT2D eigenvalue weighted by Gasteiger charge is 2.50. The Labute approximate surface area is 207 Å². The van der Waals surface area contributed by atoms with Gasteiger partial charge >= 0.3 is 6.03 Å². The largest absolute Gasteiger partial charge is 0.335 e. The molecule has 8 rings (SSSR count). The lowest BCUT2D eigenvalue weighted by Crippen LogP contribution is -2.59. The number of rotatable bonds is 3. The minimum absolute atomic E-state index is 0.0821. The fourth-order valence-electron chi connectivity index (χ4n) is 9.03. The van der Waals surface area contributed by atoms with E-state index in [0.717, 1.165) is 67.5 Å². The summed E-state index contributed by atoms with van der Waals surface area (Å²) in [4.78, 5) is 15.4. The molecule has 6 heteroatoms. The number of carbonyl (C=O) groups excluding carboxylic acids is 1. The second kappa shape index (κ2) is 8.11. The van der Waals surface area contributed by atoms with Gasteiger partial charge in [0.1, 0.15) is 0 Å². The summed E-state index contributed by atoms with van der Waals surface area (Å²) in [5.74, 6) is 3.75. The zero-order valence-corrected chi connectivity index (χ0v) is 20.9. The second-order valence-corrected chi connectivity index (χ2v) is 12.7. The van der Waals surface area contributed by atoms with Crippen LogP contribution in [0, 0.1) is 23.7 Å². The number of carbonyl (C=O) groups is 1. The number of urea groups is 1. The number of likely N-dealkylation sites (tertiary alicyclic amines) is 1. The number of amides is 2. The average Bonchev–Trinajstić information content (AvgIpc) is 3.07. The van der Waals surface area contributed by atoms with Crippen molar-refractivity contribution >= 4 is 17.6 Å². The summed E-state index contributed by atoms with van der Waals surface area (Å²) in [7, 11) is 0. The Morgan fingerprint density at radius 2 is 1.76 bits per heavy atom. The molecule has 2 saturated heterocycles. The topological polar surface area (TPSA) is 50.8 Å². The van der Waals surface area contributed by atoms with Crippen LogP contribution in [0.15, 0.2) is 18.2 Å². The minimum Gasteiger partial charge on any atom is -0.335 e. The SMILES string of the molecule is CC1OC(CC2CC3(CCN(C(=O)NC4C5CC6CC(C5)CC4C6)CC3)c3cc(Cl)ccc32)O1. The Morgan fingerprint density at radius 1 is 1.09 bits per heavy atom. The molecular weight excluding hydrogens is 448 g/mol. The molecule has 1 atom stereocenters. The second-order valence-electron chi connectivity index (χ2n) is 12.3. The van der Waals surface area contributed by atoms with E-state index in [1.807, 2.05) is 13.0 Å². The van der Waals surface area contributed by atoms with Crippen molar-refractivity contribution in [3.05, 3.63) is 34.3 Å². The molecule has 4 saturated carbocycles. The van der Waals surface area contributed by atoms with E-state index in [4.69, 9.17) is 21.1 Å². The van der Waals surface area contributed by atoms with Crippen molar-refractivity contribution in [3.63, 3.8) is 0 Å². The maximum atomic E-state index is 13.3. The third-order valence-corrected chi connectivity index (χ3v) is 10.6. The van der Waals surface area contributed by atoms with Crippen LogP contribution in [0.3, 0.4) is 0 Å². The van der Waals surface area contributed by atoms with Gasteiger partial charge in [0.05, 0.1) is 0 Å². The number of halogens is 1. The maximum Gasteiger partial charge on any atom is 0.317 e. The molecule has 7 aliphatic rings. The molecule has 5 aliphatic carbocycles. The first-order valence-electron chi connectivity index (χ1n) is 13.6. The summed E-state index contributed by atoms with van der Waals surface area (Å²) in [6.07, 6.45) is 10.7. The van der Waals surface area contributed by atoms with E-state index in [0.29, 0.717) is 12.0 Å². The van der Waals surface area contributed by atoms with Gasteiger partial charge in [-0.3, -0.25) is 0 Å². The third kappa shape index (κ3) is 3.60. The van der Waals surface area contributed by atoms with Crippen LogP contribution in [0.2, 0.25) is 5.02 Å². The first-order valence-corrected chi connectivity index (χ1v) is 14.0.